The van der Waals surface area contributed by atoms with E-state index in [1.807, 2.05) is 47.5 Å². The predicted octanol–water partition coefficient (Wildman–Crippen LogP) is 3.46. The second-order valence-corrected chi connectivity index (χ2v) is 8.60. The summed E-state index contributed by atoms with van der Waals surface area (Å²) in [5, 5.41) is 1.83. The average molecular weight is 411 g/mol. The summed E-state index contributed by atoms with van der Waals surface area (Å²) in [4.78, 5) is 20.7. The SMILES string of the molecule is CN(C)C[C@H]1Cc2c(Cl)cccc2N(C(=O)[C@H](N)Cc2c[nH]c3ccccc23)C1. The van der Waals surface area contributed by atoms with Crippen molar-refractivity contribution in [3.8, 4) is 0 Å². The smallest absolute Gasteiger partial charge is 0.244 e. The van der Waals surface area contributed by atoms with Crippen molar-refractivity contribution in [3.05, 3.63) is 64.8 Å². The maximum absolute atomic E-state index is 13.4. The number of hydrogen-bond acceptors (Lipinski definition) is 3. The number of benzene rings is 2. The Morgan fingerprint density at radius 3 is 2.86 bits per heavy atom. The third-order valence-electron chi connectivity index (χ3n) is 5.64. The van der Waals surface area contributed by atoms with Crippen LogP contribution in [-0.4, -0.2) is 49.0 Å². The van der Waals surface area contributed by atoms with Gasteiger partial charge in [0, 0.05) is 40.9 Å². The molecule has 0 aliphatic carbocycles. The number of aromatic amines is 1. The van der Waals surface area contributed by atoms with Gasteiger partial charge in [-0.2, -0.15) is 0 Å². The van der Waals surface area contributed by atoms with E-state index in [1.165, 1.54) is 0 Å². The van der Waals surface area contributed by atoms with Crippen LogP contribution >= 0.6 is 11.6 Å². The van der Waals surface area contributed by atoms with Gasteiger partial charge in [-0.05, 0) is 62.2 Å². The highest BCUT2D eigenvalue weighted by Crippen LogP contribution is 2.35. The number of rotatable bonds is 5. The molecule has 1 aliphatic heterocycles. The van der Waals surface area contributed by atoms with Gasteiger partial charge in [0.25, 0.3) is 0 Å². The fourth-order valence-corrected chi connectivity index (χ4v) is 4.63. The first-order chi connectivity index (χ1) is 13.9. The number of carbonyl (C=O) groups excluding carboxylic acids is 1. The van der Waals surface area contributed by atoms with Crippen molar-refractivity contribution in [2.24, 2.45) is 11.7 Å². The van der Waals surface area contributed by atoms with Crippen LogP contribution in [-0.2, 0) is 17.6 Å². The van der Waals surface area contributed by atoms with E-state index in [0.29, 0.717) is 23.9 Å². The minimum Gasteiger partial charge on any atom is -0.361 e. The van der Waals surface area contributed by atoms with E-state index >= 15 is 0 Å². The van der Waals surface area contributed by atoms with Crippen molar-refractivity contribution >= 4 is 34.1 Å². The summed E-state index contributed by atoms with van der Waals surface area (Å²) >= 11 is 6.49. The van der Waals surface area contributed by atoms with Crippen LogP contribution in [0.3, 0.4) is 0 Å². The molecule has 1 aromatic heterocycles. The van der Waals surface area contributed by atoms with E-state index in [-0.39, 0.29) is 5.91 Å². The maximum atomic E-state index is 13.4. The first-order valence-corrected chi connectivity index (χ1v) is 10.4. The van der Waals surface area contributed by atoms with Gasteiger partial charge in [-0.1, -0.05) is 35.9 Å². The number of carbonyl (C=O) groups is 1. The molecule has 0 saturated heterocycles. The Labute approximate surface area is 176 Å². The van der Waals surface area contributed by atoms with Crippen molar-refractivity contribution in [1.29, 1.82) is 0 Å². The Balaban J connectivity index is 1.60. The third kappa shape index (κ3) is 4.04. The number of amides is 1. The van der Waals surface area contributed by atoms with Gasteiger partial charge in [-0.15, -0.1) is 0 Å². The van der Waals surface area contributed by atoms with Gasteiger partial charge in [0.1, 0.15) is 0 Å². The maximum Gasteiger partial charge on any atom is 0.244 e. The van der Waals surface area contributed by atoms with Crippen LogP contribution in [0.25, 0.3) is 10.9 Å². The Morgan fingerprint density at radius 1 is 1.28 bits per heavy atom. The summed E-state index contributed by atoms with van der Waals surface area (Å²) < 4.78 is 0. The van der Waals surface area contributed by atoms with Crippen molar-refractivity contribution in [1.82, 2.24) is 9.88 Å². The van der Waals surface area contributed by atoms with Gasteiger partial charge in [0.15, 0.2) is 0 Å². The van der Waals surface area contributed by atoms with Crippen LogP contribution in [0.15, 0.2) is 48.7 Å². The van der Waals surface area contributed by atoms with Gasteiger partial charge in [-0.3, -0.25) is 4.79 Å². The second-order valence-electron chi connectivity index (χ2n) is 8.19. The Kier molecular flexibility index (Phi) is 5.63. The third-order valence-corrected chi connectivity index (χ3v) is 5.99. The van der Waals surface area contributed by atoms with Crippen LogP contribution in [0.5, 0.6) is 0 Å². The predicted molar refractivity (Wildman–Crippen MR) is 120 cm³/mol. The molecule has 5 nitrogen and oxygen atoms in total. The normalized spacial score (nSPS) is 17.6. The van der Waals surface area contributed by atoms with Crippen molar-refractivity contribution < 1.29 is 4.79 Å². The highest BCUT2D eigenvalue weighted by atomic mass is 35.5. The largest absolute Gasteiger partial charge is 0.361 e. The highest BCUT2D eigenvalue weighted by Gasteiger charge is 2.32. The molecule has 2 aromatic carbocycles. The molecule has 2 heterocycles. The minimum absolute atomic E-state index is 0.0535. The van der Waals surface area contributed by atoms with E-state index < -0.39 is 6.04 Å². The molecule has 29 heavy (non-hydrogen) atoms. The number of nitrogens with one attached hydrogen (secondary N) is 1. The highest BCUT2D eigenvalue weighted by molar-refractivity contribution is 6.32. The lowest BCUT2D eigenvalue weighted by Crippen LogP contribution is -2.50. The van der Waals surface area contributed by atoms with Gasteiger partial charge >= 0.3 is 0 Å². The van der Waals surface area contributed by atoms with Gasteiger partial charge in [0.05, 0.1) is 6.04 Å². The molecule has 3 aromatic rings. The van der Waals surface area contributed by atoms with E-state index in [1.54, 1.807) is 0 Å². The summed E-state index contributed by atoms with van der Waals surface area (Å²) in [6.07, 6.45) is 3.32. The molecule has 1 aliphatic rings. The van der Waals surface area contributed by atoms with Crippen LogP contribution < -0.4 is 10.6 Å². The average Bonchev–Trinajstić information content (AvgIpc) is 3.10. The van der Waals surface area contributed by atoms with Crippen LogP contribution in [0.2, 0.25) is 5.02 Å². The zero-order valence-corrected chi connectivity index (χ0v) is 17.6. The number of nitrogens with zero attached hydrogens (tertiary/aromatic N) is 2. The zero-order chi connectivity index (χ0) is 20.5. The molecule has 0 unspecified atom stereocenters. The van der Waals surface area contributed by atoms with Crippen molar-refractivity contribution in [2.75, 3.05) is 32.1 Å². The van der Waals surface area contributed by atoms with Crippen molar-refractivity contribution in [2.45, 2.75) is 18.9 Å². The number of fused-ring (bicyclic) bond motifs is 2. The van der Waals surface area contributed by atoms with E-state index in [4.69, 9.17) is 17.3 Å². The van der Waals surface area contributed by atoms with Crippen LogP contribution in [0, 0.1) is 5.92 Å². The number of halogens is 1. The number of nitrogens with two attached hydrogens (primary N) is 1. The van der Waals surface area contributed by atoms with Gasteiger partial charge in [-0.25, -0.2) is 0 Å². The second kappa shape index (κ2) is 8.19. The van der Waals surface area contributed by atoms with E-state index in [9.17, 15) is 4.79 Å². The summed E-state index contributed by atoms with van der Waals surface area (Å²) in [7, 11) is 4.11. The quantitative estimate of drug-likeness (QED) is 0.677. The Bertz CT molecular complexity index is 1030. The molecule has 6 heteroatoms. The lowest BCUT2D eigenvalue weighted by molar-refractivity contribution is -0.120. The first-order valence-electron chi connectivity index (χ1n) is 9.98. The first kappa shape index (κ1) is 20.0. The molecule has 0 fully saturated rings. The molecular formula is C23H27ClN4O. The molecule has 0 bridgehead atoms. The fraction of sp³-hybridized carbons (Fsp3) is 0.348. The number of H-pyrrole nitrogens is 1. The number of aromatic nitrogens is 1. The molecule has 3 N–H and O–H groups in total. The lowest BCUT2D eigenvalue weighted by Gasteiger charge is -2.37. The standard InChI is InChI=1S/C23H27ClN4O/c1-27(2)13-15-10-18-19(24)7-5-9-22(18)28(14-15)23(29)20(25)11-16-12-26-21-8-4-3-6-17(16)21/h3-9,12,15,20,26H,10-11,13-14,25H2,1-2H3/t15-,20-/m1/s1. The Morgan fingerprint density at radius 2 is 2.07 bits per heavy atom. The minimum atomic E-state index is -0.612. The summed E-state index contributed by atoms with van der Waals surface area (Å²) in [6.45, 7) is 1.55. The lowest BCUT2D eigenvalue weighted by atomic mass is 9.91. The van der Waals surface area contributed by atoms with Crippen molar-refractivity contribution in [3.63, 3.8) is 0 Å². The zero-order valence-electron chi connectivity index (χ0n) is 16.9. The molecule has 1 amide bonds. The van der Waals surface area contributed by atoms with Crippen LogP contribution in [0.1, 0.15) is 11.1 Å². The number of para-hydroxylation sites is 1. The summed E-state index contributed by atoms with van der Waals surface area (Å²) in [6, 6.07) is 13.2. The molecule has 0 radical (unpaired) electrons. The number of hydrogen-bond donors (Lipinski definition) is 2. The molecular weight excluding hydrogens is 384 g/mol. The van der Waals surface area contributed by atoms with Gasteiger partial charge < -0.3 is 20.5 Å². The van der Waals surface area contributed by atoms with Crippen LogP contribution in [0.4, 0.5) is 5.69 Å². The molecule has 2 atom stereocenters. The molecule has 152 valence electrons. The monoisotopic (exact) mass is 410 g/mol. The fourth-order valence-electron chi connectivity index (χ4n) is 4.38. The summed E-state index contributed by atoms with van der Waals surface area (Å²) in [5.74, 6) is 0.267. The van der Waals surface area contributed by atoms with E-state index in [0.717, 1.165) is 40.7 Å². The topological polar surface area (TPSA) is 65.4 Å². The Hall–Kier alpha value is -2.34. The molecule has 0 spiro atoms. The number of anilines is 1. The summed E-state index contributed by atoms with van der Waals surface area (Å²) in [5.41, 5.74) is 10.5. The van der Waals surface area contributed by atoms with Gasteiger partial charge in [0.2, 0.25) is 5.91 Å². The van der Waals surface area contributed by atoms with E-state index in [2.05, 4.69) is 30.0 Å². The molecule has 0 saturated carbocycles. The molecule has 4 rings (SSSR count).